The summed E-state index contributed by atoms with van der Waals surface area (Å²) in [5.41, 5.74) is -0.793. The van der Waals surface area contributed by atoms with Crippen molar-refractivity contribution < 1.29 is 10.2 Å². The predicted molar refractivity (Wildman–Crippen MR) is 73.3 cm³/mol. The molecule has 0 radical (unpaired) electrons. The van der Waals surface area contributed by atoms with E-state index < -0.39 is 5.60 Å². The molecule has 17 heavy (non-hydrogen) atoms. The third kappa shape index (κ3) is 2.82. The van der Waals surface area contributed by atoms with Crippen LogP contribution in [-0.4, -0.2) is 33.9 Å². The van der Waals surface area contributed by atoms with Crippen LogP contribution in [0, 0.1) is 5.41 Å². The molecule has 3 heteroatoms. The van der Waals surface area contributed by atoms with Crippen molar-refractivity contribution in [3.8, 4) is 0 Å². The standard InChI is InChI=1S/C14H26O2S/c15-12-13(6-4-2-1-3-5-7-13)14(16)8-10-17-11-9-14/h15-16H,1-12H2. The topological polar surface area (TPSA) is 40.5 Å². The van der Waals surface area contributed by atoms with Crippen molar-refractivity contribution in [1.29, 1.82) is 0 Å². The molecule has 100 valence electrons. The van der Waals surface area contributed by atoms with Crippen molar-refractivity contribution in [2.75, 3.05) is 18.1 Å². The highest BCUT2D eigenvalue weighted by atomic mass is 32.2. The van der Waals surface area contributed by atoms with Crippen LogP contribution in [0.2, 0.25) is 0 Å². The first-order valence-corrected chi connectivity index (χ1v) is 8.29. The smallest absolute Gasteiger partial charge is 0.0741 e. The van der Waals surface area contributed by atoms with Crippen molar-refractivity contribution in [2.45, 2.75) is 63.4 Å². The van der Waals surface area contributed by atoms with Crippen LogP contribution in [0.25, 0.3) is 0 Å². The molecule has 1 aliphatic carbocycles. The zero-order valence-electron chi connectivity index (χ0n) is 10.8. The van der Waals surface area contributed by atoms with Gasteiger partial charge < -0.3 is 10.2 Å². The quantitative estimate of drug-likeness (QED) is 0.800. The Kier molecular flexibility index (Phi) is 4.79. The highest BCUT2D eigenvalue weighted by molar-refractivity contribution is 7.99. The Morgan fingerprint density at radius 1 is 0.824 bits per heavy atom. The molecule has 2 N–H and O–H groups in total. The minimum absolute atomic E-state index is 0.175. The SMILES string of the molecule is OCC1(C2(O)CCSCC2)CCCCCCC1. The molecule has 0 unspecified atom stereocenters. The largest absolute Gasteiger partial charge is 0.396 e. The van der Waals surface area contributed by atoms with Gasteiger partial charge in [-0.25, -0.2) is 0 Å². The van der Waals surface area contributed by atoms with E-state index in [1.165, 1.54) is 32.1 Å². The van der Waals surface area contributed by atoms with Gasteiger partial charge in [-0.05, 0) is 37.2 Å². The number of aliphatic hydroxyl groups excluding tert-OH is 1. The van der Waals surface area contributed by atoms with Crippen molar-refractivity contribution in [1.82, 2.24) is 0 Å². The molecule has 0 aromatic carbocycles. The molecular weight excluding hydrogens is 232 g/mol. The van der Waals surface area contributed by atoms with Gasteiger partial charge in [0, 0.05) is 5.41 Å². The van der Waals surface area contributed by atoms with Gasteiger partial charge in [0.25, 0.3) is 0 Å². The zero-order chi connectivity index (χ0) is 12.2. The van der Waals surface area contributed by atoms with Crippen molar-refractivity contribution in [2.24, 2.45) is 5.41 Å². The molecule has 2 rings (SSSR count). The lowest BCUT2D eigenvalue weighted by molar-refractivity contribution is -0.127. The van der Waals surface area contributed by atoms with Crippen molar-refractivity contribution in [3.63, 3.8) is 0 Å². The second kappa shape index (κ2) is 5.94. The second-order valence-corrected chi connectivity index (χ2v) is 7.07. The van der Waals surface area contributed by atoms with Crippen LogP contribution in [-0.2, 0) is 0 Å². The van der Waals surface area contributed by atoms with Crippen molar-refractivity contribution >= 4 is 11.8 Å². The molecule has 0 spiro atoms. The first-order chi connectivity index (χ1) is 8.22. The van der Waals surface area contributed by atoms with Gasteiger partial charge in [0.05, 0.1) is 12.2 Å². The summed E-state index contributed by atoms with van der Waals surface area (Å²) < 4.78 is 0. The molecule has 1 saturated heterocycles. The molecule has 1 heterocycles. The van der Waals surface area contributed by atoms with E-state index in [4.69, 9.17) is 0 Å². The fourth-order valence-electron chi connectivity index (χ4n) is 3.59. The third-order valence-electron chi connectivity index (χ3n) is 4.92. The maximum atomic E-state index is 11.0. The van der Waals surface area contributed by atoms with Gasteiger partial charge in [-0.15, -0.1) is 0 Å². The Hall–Kier alpha value is 0.270. The summed E-state index contributed by atoms with van der Waals surface area (Å²) in [4.78, 5) is 0. The van der Waals surface area contributed by atoms with Crippen LogP contribution < -0.4 is 0 Å². The first kappa shape index (κ1) is 13.7. The van der Waals surface area contributed by atoms with E-state index in [0.717, 1.165) is 37.2 Å². The van der Waals surface area contributed by atoms with E-state index in [1.807, 2.05) is 11.8 Å². The highest BCUT2D eigenvalue weighted by Crippen LogP contribution is 2.48. The lowest BCUT2D eigenvalue weighted by atomic mass is 9.63. The second-order valence-electron chi connectivity index (χ2n) is 5.85. The van der Waals surface area contributed by atoms with Crippen LogP contribution in [0.4, 0.5) is 0 Å². The monoisotopic (exact) mass is 258 g/mol. The molecule has 0 bridgehead atoms. The number of aliphatic hydroxyl groups is 2. The molecule has 0 amide bonds. The van der Waals surface area contributed by atoms with E-state index in [2.05, 4.69) is 0 Å². The van der Waals surface area contributed by atoms with Crippen LogP contribution in [0.15, 0.2) is 0 Å². The number of hydrogen-bond donors (Lipinski definition) is 2. The van der Waals surface area contributed by atoms with Crippen LogP contribution >= 0.6 is 11.8 Å². The van der Waals surface area contributed by atoms with Gasteiger partial charge in [0.15, 0.2) is 0 Å². The maximum absolute atomic E-state index is 11.0. The molecule has 1 saturated carbocycles. The average molecular weight is 258 g/mol. The Morgan fingerprint density at radius 2 is 1.35 bits per heavy atom. The summed E-state index contributed by atoms with van der Waals surface area (Å²) in [6, 6.07) is 0. The number of thioether (sulfide) groups is 1. The van der Waals surface area contributed by atoms with Gasteiger partial charge in [0.1, 0.15) is 0 Å². The van der Waals surface area contributed by atoms with Crippen molar-refractivity contribution in [3.05, 3.63) is 0 Å². The molecule has 0 aromatic rings. The lowest BCUT2D eigenvalue weighted by Crippen LogP contribution is -2.53. The molecule has 2 fully saturated rings. The number of hydrogen-bond acceptors (Lipinski definition) is 3. The van der Waals surface area contributed by atoms with Gasteiger partial charge >= 0.3 is 0 Å². The fourth-order valence-corrected chi connectivity index (χ4v) is 4.76. The summed E-state index contributed by atoms with van der Waals surface area (Å²) in [6.45, 7) is 0.175. The van der Waals surface area contributed by atoms with E-state index in [1.54, 1.807) is 0 Å². The summed E-state index contributed by atoms with van der Waals surface area (Å²) in [5, 5.41) is 20.9. The van der Waals surface area contributed by atoms with Crippen LogP contribution in [0.5, 0.6) is 0 Å². The summed E-state index contributed by atoms with van der Waals surface area (Å²) in [5.74, 6) is 2.11. The Balaban J connectivity index is 2.14. The highest BCUT2D eigenvalue weighted by Gasteiger charge is 2.49. The van der Waals surface area contributed by atoms with Crippen LogP contribution in [0.3, 0.4) is 0 Å². The zero-order valence-corrected chi connectivity index (χ0v) is 11.6. The Labute approximate surface area is 109 Å². The van der Waals surface area contributed by atoms with Gasteiger partial charge in [0.2, 0.25) is 0 Å². The minimum Gasteiger partial charge on any atom is -0.396 e. The minimum atomic E-state index is -0.593. The molecule has 0 atom stereocenters. The van der Waals surface area contributed by atoms with Gasteiger partial charge in [-0.3, -0.25) is 0 Å². The number of rotatable bonds is 2. The van der Waals surface area contributed by atoms with E-state index in [-0.39, 0.29) is 12.0 Å². The first-order valence-electron chi connectivity index (χ1n) is 7.13. The predicted octanol–water partition coefficient (Wildman–Crippen LogP) is 2.97. The lowest BCUT2D eigenvalue weighted by Gasteiger charge is -2.49. The summed E-state index contributed by atoms with van der Waals surface area (Å²) >= 11 is 1.94. The molecule has 0 aromatic heterocycles. The third-order valence-corrected chi connectivity index (χ3v) is 5.91. The maximum Gasteiger partial charge on any atom is 0.0741 e. The van der Waals surface area contributed by atoms with E-state index in [9.17, 15) is 10.2 Å². The Bertz CT molecular complexity index is 228. The summed E-state index contributed by atoms with van der Waals surface area (Å²) in [6.07, 6.45) is 10.0. The Morgan fingerprint density at radius 3 is 1.88 bits per heavy atom. The molecular formula is C14H26O2S. The van der Waals surface area contributed by atoms with Gasteiger partial charge in [-0.2, -0.15) is 11.8 Å². The van der Waals surface area contributed by atoms with E-state index in [0.29, 0.717) is 0 Å². The molecule has 2 aliphatic rings. The summed E-state index contributed by atoms with van der Waals surface area (Å²) in [7, 11) is 0. The normalized spacial score (nSPS) is 29.3. The fraction of sp³-hybridized carbons (Fsp3) is 1.00. The van der Waals surface area contributed by atoms with Gasteiger partial charge in [-0.1, -0.05) is 32.1 Å². The van der Waals surface area contributed by atoms with E-state index >= 15 is 0 Å². The molecule has 2 nitrogen and oxygen atoms in total. The molecule has 1 aliphatic heterocycles. The van der Waals surface area contributed by atoms with Crippen LogP contribution in [0.1, 0.15) is 57.8 Å². The average Bonchev–Trinajstić information content (AvgIpc) is 2.30.